The fraction of sp³-hybridized carbons (Fsp3) is 0.737. The average molecular weight is 525 g/mol. The van der Waals surface area contributed by atoms with Gasteiger partial charge in [0.2, 0.25) is 5.91 Å². The smallest absolute Gasteiger partial charge is 0.257 e. The number of amides is 2. The highest BCUT2D eigenvalue weighted by Gasteiger charge is 2.43. The van der Waals surface area contributed by atoms with Crippen LogP contribution in [-0.2, 0) is 19.1 Å². The summed E-state index contributed by atoms with van der Waals surface area (Å²) in [6.07, 6.45) is 1.99. The lowest BCUT2D eigenvalue weighted by atomic mass is 9.98. The van der Waals surface area contributed by atoms with E-state index in [1.54, 1.807) is 13.8 Å². The third-order valence-electron chi connectivity index (χ3n) is 5.03. The first-order valence-corrected chi connectivity index (χ1v) is 11.6. The fourth-order valence-electron chi connectivity index (χ4n) is 2.99. The Morgan fingerprint density at radius 2 is 1.87 bits per heavy atom. The Labute approximate surface area is 202 Å². The SMILES string of the molecule is CCC(=O)CN[C@H](C[C@H](C)C(Cl)(Cl)Cl)C(=O)N1C(=O)C=C(OC)[C@@H]1C[C@H](C)C(Cl)Cl. The van der Waals surface area contributed by atoms with E-state index in [0.29, 0.717) is 18.6 Å². The van der Waals surface area contributed by atoms with Crippen molar-refractivity contribution < 1.29 is 19.1 Å². The summed E-state index contributed by atoms with van der Waals surface area (Å²) in [5, 5.41) is 2.92. The molecule has 0 saturated carbocycles. The highest BCUT2D eigenvalue weighted by molar-refractivity contribution is 6.67. The van der Waals surface area contributed by atoms with Gasteiger partial charge in [-0.1, -0.05) is 55.6 Å². The van der Waals surface area contributed by atoms with E-state index < -0.39 is 38.4 Å². The van der Waals surface area contributed by atoms with E-state index in [1.165, 1.54) is 13.2 Å². The van der Waals surface area contributed by atoms with Crippen LogP contribution in [0.2, 0.25) is 0 Å². The van der Waals surface area contributed by atoms with Crippen molar-refractivity contribution in [1.82, 2.24) is 10.2 Å². The van der Waals surface area contributed by atoms with E-state index in [1.807, 2.05) is 6.92 Å². The summed E-state index contributed by atoms with van der Waals surface area (Å²) in [6.45, 7) is 5.16. The van der Waals surface area contributed by atoms with Gasteiger partial charge in [-0.25, -0.2) is 0 Å². The maximum atomic E-state index is 13.4. The van der Waals surface area contributed by atoms with Gasteiger partial charge in [-0.2, -0.15) is 0 Å². The van der Waals surface area contributed by atoms with Gasteiger partial charge in [0.25, 0.3) is 5.91 Å². The predicted molar refractivity (Wildman–Crippen MR) is 121 cm³/mol. The van der Waals surface area contributed by atoms with Crippen LogP contribution >= 0.6 is 58.0 Å². The number of carbonyl (C=O) groups excluding carboxylic acids is 3. The lowest BCUT2D eigenvalue weighted by Gasteiger charge is -2.32. The van der Waals surface area contributed by atoms with E-state index in [-0.39, 0.29) is 24.7 Å². The lowest BCUT2D eigenvalue weighted by Crippen LogP contribution is -2.53. The van der Waals surface area contributed by atoms with Crippen LogP contribution in [0.5, 0.6) is 0 Å². The quantitative estimate of drug-likeness (QED) is 0.405. The maximum absolute atomic E-state index is 13.4. The van der Waals surface area contributed by atoms with Crippen LogP contribution in [0.15, 0.2) is 11.8 Å². The molecule has 0 bridgehead atoms. The molecule has 0 fully saturated rings. The number of nitrogens with one attached hydrogen (secondary N) is 1. The molecule has 11 heteroatoms. The zero-order chi connectivity index (χ0) is 23.2. The molecule has 0 saturated heterocycles. The second-order valence-electron chi connectivity index (χ2n) is 7.36. The largest absolute Gasteiger partial charge is 0.499 e. The van der Waals surface area contributed by atoms with Gasteiger partial charge in [-0.15, -0.1) is 23.2 Å². The molecular weight excluding hydrogens is 497 g/mol. The Kier molecular flexibility index (Phi) is 11.2. The summed E-state index contributed by atoms with van der Waals surface area (Å²) in [7, 11) is 1.42. The maximum Gasteiger partial charge on any atom is 0.257 e. The van der Waals surface area contributed by atoms with E-state index in [2.05, 4.69) is 5.32 Å². The van der Waals surface area contributed by atoms with Crippen molar-refractivity contribution in [2.24, 2.45) is 11.8 Å². The second-order valence-corrected chi connectivity index (χ2v) is 10.9. The number of Topliss-reactive ketones (excluding diaryl/α,β-unsaturated/α-hetero) is 1. The minimum absolute atomic E-state index is 0.0431. The van der Waals surface area contributed by atoms with Gasteiger partial charge in [0.05, 0.1) is 25.7 Å². The highest BCUT2D eigenvalue weighted by atomic mass is 35.6. The highest BCUT2D eigenvalue weighted by Crippen LogP contribution is 2.38. The molecule has 1 aliphatic heterocycles. The van der Waals surface area contributed by atoms with Crippen LogP contribution in [-0.4, -0.2) is 56.9 Å². The van der Waals surface area contributed by atoms with Crippen LogP contribution < -0.4 is 5.32 Å². The molecule has 1 aliphatic rings. The molecule has 6 nitrogen and oxygen atoms in total. The minimum Gasteiger partial charge on any atom is -0.499 e. The molecule has 4 atom stereocenters. The predicted octanol–water partition coefficient (Wildman–Crippen LogP) is 4.42. The van der Waals surface area contributed by atoms with E-state index in [4.69, 9.17) is 62.7 Å². The van der Waals surface area contributed by atoms with Crippen molar-refractivity contribution in [3.05, 3.63) is 11.8 Å². The van der Waals surface area contributed by atoms with Crippen molar-refractivity contribution in [3.63, 3.8) is 0 Å². The van der Waals surface area contributed by atoms with Gasteiger partial charge < -0.3 is 4.74 Å². The standard InChI is InChI=1S/C19H27Cl5N2O4/c1-5-12(27)9-25-13(7-11(3)19(22,23)24)18(29)26-14(6-10(2)17(20)21)15(30-4)8-16(26)28/h8,10-11,13-14,17,25H,5-7,9H2,1-4H3/t10-,11-,13+,14-/m0/s1. The molecular formula is C19H27Cl5N2O4. The molecule has 1 heterocycles. The van der Waals surface area contributed by atoms with Crippen LogP contribution in [0, 0.1) is 11.8 Å². The van der Waals surface area contributed by atoms with E-state index >= 15 is 0 Å². The van der Waals surface area contributed by atoms with Crippen molar-refractivity contribution in [2.75, 3.05) is 13.7 Å². The molecule has 1 rings (SSSR count). The number of methoxy groups -OCH3 is 1. The minimum atomic E-state index is -1.61. The molecule has 0 radical (unpaired) electrons. The first kappa shape index (κ1) is 27.8. The molecule has 30 heavy (non-hydrogen) atoms. The van der Waals surface area contributed by atoms with Gasteiger partial charge >= 0.3 is 0 Å². The zero-order valence-electron chi connectivity index (χ0n) is 17.3. The Balaban J connectivity index is 3.15. The Hall–Kier alpha value is -0.240. The number of nitrogens with zero attached hydrogens (tertiary/aromatic N) is 1. The summed E-state index contributed by atoms with van der Waals surface area (Å²) in [5.74, 6) is -1.55. The Morgan fingerprint density at radius 3 is 2.33 bits per heavy atom. The number of alkyl halides is 5. The Morgan fingerprint density at radius 1 is 1.27 bits per heavy atom. The number of imide groups is 1. The molecule has 0 unspecified atom stereocenters. The van der Waals surface area contributed by atoms with Gasteiger partial charge in [-0.3, -0.25) is 24.6 Å². The van der Waals surface area contributed by atoms with Crippen LogP contribution in [0.1, 0.15) is 40.0 Å². The molecule has 1 N–H and O–H groups in total. The van der Waals surface area contributed by atoms with Crippen molar-refractivity contribution >= 4 is 75.6 Å². The number of carbonyl (C=O) groups is 3. The summed E-state index contributed by atoms with van der Waals surface area (Å²) < 4.78 is 3.70. The number of halogens is 5. The van der Waals surface area contributed by atoms with E-state index in [0.717, 1.165) is 4.90 Å². The number of ether oxygens (including phenoxy) is 1. The number of hydrogen-bond acceptors (Lipinski definition) is 5. The molecule has 0 aromatic heterocycles. The number of ketones is 1. The van der Waals surface area contributed by atoms with Crippen LogP contribution in [0.3, 0.4) is 0 Å². The Bertz CT molecular complexity index is 666. The topological polar surface area (TPSA) is 75.7 Å². The lowest BCUT2D eigenvalue weighted by molar-refractivity contribution is -0.145. The van der Waals surface area contributed by atoms with Crippen LogP contribution in [0.25, 0.3) is 0 Å². The molecule has 0 aromatic carbocycles. The van der Waals surface area contributed by atoms with Gasteiger partial charge in [0.1, 0.15) is 16.4 Å². The number of hydrogen-bond donors (Lipinski definition) is 1. The fourth-order valence-corrected chi connectivity index (χ4v) is 3.46. The van der Waals surface area contributed by atoms with Gasteiger partial charge in [0, 0.05) is 18.4 Å². The second kappa shape index (κ2) is 12.1. The van der Waals surface area contributed by atoms with E-state index in [9.17, 15) is 14.4 Å². The number of rotatable bonds is 11. The first-order valence-electron chi connectivity index (χ1n) is 9.55. The summed E-state index contributed by atoms with van der Waals surface area (Å²) >= 11 is 29.9. The monoisotopic (exact) mass is 522 g/mol. The average Bonchev–Trinajstić information content (AvgIpc) is 2.97. The zero-order valence-corrected chi connectivity index (χ0v) is 21.0. The summed E-state index contributed by atoms with van der Waals surface area (Å²) in [6, 6.07) is -1.58. The van der Waals surface area contributed by atoms with Gasteiger partial charge in [0.15, 0.2) is 3.79 Å². The first-order chi connectivity index (χ1) is 13.8. The molecule has 0 aliphatic carbocycles. The normalized spacial score (nSPS) is 20.2. The third-order valence-corrected chi connectivity index (χ3v) is 7.01. The summed E-state index contributed by atoms with van der Waals surface area (Å²) in [4.78, 5) is 38.2. The van der Waals surface area contributed by atoms with Gasteiger partial charge in [-0.05, 0) is 18.8 Å². The molecule has 0 aromatic rings. The van der Waals surface area contributed by atoms with Crippen molar-refractivity contribution in [3.8, 4) is 0 Å². The van der Waals surface area contributed by atoms with Crippen molar-refractivity contribution in [2.45, 2.75) is 60.7 Å². The van der Waals surface area contributed by atoms with Crippen molar-refractivity contribution in [1.29, 1.82) is 0 Å². The molecule has 2 amide bonds. The molecule has 172 valence electrons. The summed E-state index contributed by atoms with van der Waals surface area (Å²) in [5.41, 5.74) is 0. The molecule has 0 spiro atoms. The van der Waals surface area contributed by atoms with Crippen LogP contribution in [0.4, 0.5) is 0 Å². The third kappa shape index (κ3) is 7.72.